The summed E-state index contributed by atoms with van der Waals surface area (Å²) in [5, 5.41) is 0. The maximum atomic E-state index is 10.6. The summed E-state index contributed by atoms with van der Waals surface area (Å²) in [5.74, 6) is -0.183. The Labute approximate surface area is 60.1 Å². The minimum absolute atomic E-state index is 0.115. The first-order valence-electron chi connectivity index (χ1n) is 3.25. The summed E-state index contributed by atoms with van der Waals surface area (Å²) in [5.41, 5.74) is 0.400. The van der Waals surface area contributed by atoms with Gasteiger partial charge >= 0.3 is 0 Å². The first-order chi connectivity index (χ1) is 4.52. The topological polar surface area (TPSA) is 38.7 Å². The molecule has 0 fully saturated rings. The maximum Gasteiger partial charge on any atom is 0.271 e. The third-order valence-electron chi connectivity index (χ3n) is 1.72. The number of hydrogen-bond acceptors (Lipinski definition) is 2. The molecule has 1 heterocycles. The molecule has 3 nitrogen and oxygen atoms in total. The molecule has 1 rings (SSSR count). The quantitative estimate of drug-likeness (QED) is 0.500. The Bertz CT molecular complexity index is 194. The van der Waals surface area contributed by atoms with Crippen molar-refractivity contribution in [2.75, 3.05) is 6.61 Å². The van der Waals surface area contributed by atoms with E-state index in [1.165, 1.54) is 0 Å². The molecule has 0 N–H and O–H groups in total. The van der Waals surface area contributed by atoms with E-state index in [0.717, 1.165) is 5.71 Å². The zero-order chi connectivity index (χ0) is 7.78. The Morgan fingerprint density at radius 3 is 2.60 bits per heavy atom. The van der Waals surface area contributed by atoms with E-state index in [2.05, 4.69) is 4.99 Å². The monoisotopic (exact) mass is 141 g/mol. The summed E-state index contributed by atoms with van der Waals surface area (Å²) < 4.78 is 5.21. The van der Waals surface area contributed by atoms with Gasteiger partial charge in [-0.2, -0.15) is 0 Å². The second kappa shape index (κ2) is 2.16. The lowest BCUT2D eigenvalue weighted by Crippen LogP contribution is -2.39. The van der Waals surface area contributed by atoms with Gasteiger partial charge in [0.15, 0.2) is 0 Å². The highest BCUT2D eigenvalue weighted by Gasteiger charge is 2.27. The fourth-order valence-corrected chi connectivity index (χ4v) is 0.701. The standard InChI is InChI=1S/C7H11NO2/c1-5-7(2,3)10-4-6(9)8-5/h4H2,1-3H3. The summed E-state index contributed by atoms with van der Waals surface area (Å²) >= 11 is 0. The zero-order valence-corrected chi connectivity index (χ0v) is 6.47. The predicted octanol–water partition coefficient (Wildman–Crippen LogP) is 0.783. The Hall–Kier alpha value is -0.700. The van der Waals surface area contributed by atoms with Crippen molar-refractivity contribution in [1.29, 1.82) is 0 Å². The van der Waals surface area contributed by atoms with Crippen molar-refractivity contribution in [1.82, 2.24) is 0 Å². The van der Waals surface area contributed by atoms with Crippen LogP contribution in [0, 0.1) is 0 Å². The van der Waals surface area contributed by atoms with Crippen LogP contribution in [0.25, 0.3) is 0 Å². The van der Waals surface area contributed by atoms with Crippen LogP contribution in [0.3, 0.4) is 0 Å². The van der Waals surface area contributed by atoms with Crippen molar-refractivity contribution >= 4 is 11.6 Å². The second-order valence-corrected chi connectivity index (χ2v) is 2.89. The third-order valence-corrected chi connectivity index (χ3v) is 1.72. The molecule has 0 spiro atoms. The first-order valence-corrected chi connectivity index (χ1v) is 3.25. The fourth-order valence-electron chi connectivity index (χ4n) is 0.701. The highest BCUT2D eigenvalue weighted by Crippen LogP contribution is 2.15. The summed E-state index contributed by atoms with van der Waals surface area (Å²) in [7, 11) is 0. The van der Waals surface area contributed by atoms with Crippen LogP contribution in [-0.2, 0) is 9.53 Å². The van der Waals surface area contributed by atoms with E-state index in [1.54, 1.807) is 6.92 Å². The van der Waals surface area contributed by atoms with Gasteiger partial charge in [0, 0.05) is 0 Å². The van der Waals surface area contributed by atoms with Crippen LogP contribution in [0.4, 0.5) is 0 Å². The van der Waals surface area contributed by atoms with Crippen molar-refractivity contribution in [2.24, 2.45) is 4.99 Å². The smallest absolute Gasteiger partial charge is 0.271 e. The van der Waals surface area contributed by atoms with E-state index in [1.807, 2.05) is 13.8 Å². The highest BCUT2D eigenvalue weighted by molar-refractivity contribution is 6.01. The van der Waals surface area contributed by atoms with Gasteiger partial charge in [-0.25, -0.2) is 4.99 Å². The molecule has 0 atom stereocenters. The van der Waals surface area contributed by atoms with Gasteiger partial charge in [-0.1, -0.05) is 0 Å². The highest BCUT2D eigenvalue weighted by atomic mass is 16.5. The molecule has 1 amide bonds. The average Bonchev–Trinajstić information content (AvgIpc) is 1.81. The van der Waals surface area contributed by atoms with Crippen LogP contribution < -0.4 is 0 Å². The number of hydrogen-bond donors (Lipinski definition) is 0. The average molecular weight is 141 g/mol. The van der Waals surface area contributed by atoms with Crippen LogP contribution in [0.1, 0.15) is 20.8 Å². The summed E-state index contributed by atoms with van der Waals surface area (Å²) in [6, 6.07) is 0. The first kappa shape index (κ1) is 7.41. The number of carbonyl (C=O) groups excluding carboxylic acids is 1. The van der Waals surface area contributed by atoms with Gasteiger partial charge in [0.25, 0.3) is 5.91 Å². The molecule has 10 heavy (non-hydrogen) atoms. The Kier molecular flexibility index (Phi) is 1.60. The number of ether oxygens (including phenoxy) is 1. The van der Waals surface area contributed by atoms with E-state index < -0.39 is 0 Å². The minimum atomic E-state index is -0.353. The molecule has 3 heteroatoms. The molecule has 0 saturated carbocycles. The molecule has 1 aliphatic heterocycles. The van der Waals surface area contributed by atoms with Gasteiger partial charge in [-0.15, -0.1) is 0 Å². The second-order valence-electron chi connectivity index (χ2n) is 2.89. The Morgan fingerprint density at radius 1 is 1.60 bits per heavy atom. The van der Waals surface area contributed by atoms with E-state index in [0.29, 0.717) is 0 Å². The van der Waals surface area contributed by atoms with Gasteiger partial charge in [0.1, 0.15) is 12.2 Å². The van der Waals surface area contributed by atoms with Crippen LogP contribution in [0.2, 0.25) is 0 Å². The van der Waals surface area contributed by atoms with Gasteiger partial charge in [0.05, 0.1) is 5.71 Å². The van der Waals surface area contributed by atoms with Crippen LogP contribution >= 0.6 is 0 Å². The molecule has 0 aromatic carbocycles. The molecule has 1 aliphatic rings. The van der Waals surface area contributed by atoms with Gasteiger partial charge in [0.2, 0.25) is 0 Å². The van der Waals surface area contributed by atoms with E-state index in [9.17, 15) is 4.79 Å². The molecule has 56 valence electrons. The maximum absolute atomic E-state index is 10.6. The van der Waals surface area contributed by atoms with Gasteiger partial charge in [-0.05, 0) is 20.8 Å². The van der Waals surface area contributed by atoms with Crippen molar-refractivity contribution in [3.8, 4) is 0 Å². The van der Waals surface area contributed by atoms with Crippen LogP contribution in [0.5, 0.6) is 0 Å². The van der Waals surface area contributed by atoms with Crippen LogP contribution in [-0.4, -0.2) is 23.8 Å². The lowest BCUT2D eigenvalue weighted by Gasteiger charge is -2.27. The van der Waals surface area contributed by atoms with Gasteiger partial charge < -0.3 is 4.74 Å². The number of aliphatic imine (C=N–C) groups is 1. The predicted molar refractivity (Wildman–Crippen MR) is 38.1 cm³/mol. The van der Waals surface area contributed by atoms with Crippen LogP contribution in [0.15, 0.2) is 4.99 Å². The number of carbonyl (C=O) groups is 1. The Balaban J connectivity index is 2.88. The zero-order valence-electron chi connectivity index (χ0n) is 6.47. The molecular weight excluding hydrogens is 130 g/mol. The van der Waals surface area contributed by atoms with E-state index in [-0.39, 0.29) is 18.1 Å². The lowest BCUT2D eigenvalue weighted by molar-refractivity contribution is -0.127. The molecule has 0 unspecified atom stereocenters. The van der Waals surface area contributed by atoms with Gasteiger partial charge in [-0.3, -0.25) is 4.79 Å². The molecule has 0 radical (unpaired) electrons. The number of rotatable bonds is 0. The normalized spacial score (nSPS) is 24.3. The van der Waals surface area contributed by atoms with Crippen molar-refractivity contribution in [2.45, 2.75) is 26.4 Å². The molecule has 0 aromatic rings. The van der Waals surface area contributed by atoms with Crippen molar-refractivity contribution in [3.63, 3.8) is 0 Å². The lowest BCUT2D eigenvalue weighted by atomic mass is 10.0. The fraction of sp³-hybridized carbons (Fsp3) is 0.714. The number of amides is 1. The van der Waals surface area contributed by atoms with E-state index in [4.69, 9.17) is 4.74 Å². The molecule has 0 aromatic heterocycles. The molecule has 0 saturated heterocycles. The van der Waals surface area contributed by atoms with Crippen molar-refractivity contribution in [3.05, 3.63) is 0 Å². The number of nitrogens with zero attached hydrogens (tertiary/aromatic N) is 1. The largest absolute Gasteiger partial charge is 0.360 e. The summed E-state index contributed by atoms with van der Waals surface area (Å²) in [4.78, 5) is 14.4. The SMILES string of the molecule is CC1=NC(=O)COC1(C)C. The third kappa shape index (κ3) is 1.24. The summed E-state index contributed by atoms with van der Waals surface area (Å²) in [6.07, 6.45) is 0. The van der Waals surface area contributed by atoms with Crippen molar-refractivity contribution < 1.29 is 9.53 Å². The molecule has 0 aliphatic carbocycles. The minimum Gasteiger partial charge on any atom is -0.360 e. The summed E-state index contributed by atoms with van der Waals surface area (Å²) in [6.45, 7) is 5.72. The molecular formula is C7H11NO2. The molecule has 0 bridgehead atoms. The Morgan fingerprint density at radius 2 is 2.20 bits per heavy atom. The van der Waals surface area contributed by atoms with E-state index >= 15 is 0 Å².